The number of aromatic nitrogens is 2. The molecule has 2 aromatic rings. The topological polar surface area (TPSA) is 125 Å². The van der Waals surface area contributed by atoms with Crippen molar-refractivity contribution >= 4 is 35.2 Å². The predicted molar refractivity (Wildman–Crippen MR) is 87.1 cm³/mol. The Balaban J connectivity index is 1.94. The fourth-order valence-corrected chi connectivity index (χ4v) is 2.16. The fourth-order valence-electron chi connectivity index (χ4n) is 2.16. The average Bonchev–Trinajstić information content (AvgIpc) is 2.91. The Bertz CT molecular complexity index is 894. The van der Waals surface area contributed by atoms with Crippen LogP contribution >= 0.6 is 0 Å². The molecule has 1 aromatic heterocycles. The molecular formula is C15H14N6O3. The lowest BCUT2D eigenvalue weighted by atomic mass is 10.1. The molecule has 0 fully saturated rings. The Hall–Kier alpha value is -3.36. The number of aromatic amines is 1. The number of aliphatic imine (C=N–C) groups is 1. The number of ether oxygens (including phenoxy) is 1. The molecule has 0 amide bonds. The van der Waals surface area contributed by atoms with E-state index in [9.17, 15) is 9.59 Å². The molecule has 9 heteroatoms. The molecule has 0 radical (unpaired) electrons. The lowest BCUT2D eigenvalue weighted by Gasteiger charge is -2.17. The standard InChI is InChI=1S/C15H14N6O3/c1-2-24-15(23)10-8-17-13-11(14(22)20-21(13)12(10)16)19-18-9-6-4-3-5-7-9/h3-8,10,16H,2H2,1H3,(H,20,22). The van der Waals surface area contributed by atoms with E-state index in [1.54, 1.807) is 31.2 Å². The number of H-pyrrole nitrogens is 1. The molecule has 1 aromatic carbocycles. The summed E-state index contributed by atoms with van der Waals surface area (Å²) in [4.78, 5) is 28.0. The van der Waals surface area contributed by atoms with Gasteiger partial charge in [-0.3, -0.25) is 20.1 Å². The highest BCUT2D eigenvalue weighted by Gasteiger charge is 2.31. The second-order valence-electron chi connectivity index (χ2n) is 4.88. The molecule has 0 spiro atoms. The van der Waals surface area contributed by atoms with Crippen LogP contribution in [0.3, 0.4) is 0 Å². The number of rotatable bonds is 4. The molecule has 24 heavy (non-hydrogen) atoms. The summed E-state index contributed by atoms with van der Waals surface area (Å²) in [6.45, 7) is 1.87. The van der Waals surface area contributed by atoms with Crippen molar-refractivity contribution in [1.82, 2.24) is 9.78 Å². The van der Waals surface area contributed by atoms with Crippen LogP contribution < -0.4 is 5.56 Å². The Morgan fingerprint density at radius 3 is 2.83 bits per heavy atom. The predicted octanol–water partition coefficient (Wildman–Crippen LogP) is 2.31. The van der Waals surface area contributed by atoms with Gasteiger partial charge in [0.25, 0.3) is 5.56 Å². The number of carbonyl (C=O) groups is 1. The van der Waals surface area contributed by atoms with Crippen LogP contribution in [0.2, 0.25) is 0 Å². The van der Waals surface area contributed by atoms with E-state index in [4.69, 9.17) is 10.1 Å². The van der Waals surface area contributed by atoms with Gasteiger partial charge in [0.05, 0.1) is 12.3 Å². The third-order valence-electron chi connectivity index (χ3n) is 3.30. The summed E-state index contributed by atoms with van der Waals surface area (Å²) in [6, 6.07) is 8.91. The molecule has 0 bridgehead atoms. The van der Waals surface area contributed by atoms with E-state index in [1.165, 1.54) is 6.21 Å². The van der Waals surface area contributed by atoms with Gasteiger partial charge in [-0.15, -0.1) is 5.11 Å². The first-order chi connectivity index (χ1) is 11.6. The Morgan fingerprint density at radius 2 is 2.12 bits per heavy atom. The molecule has 1 unspecified atom stereocenters. The highest BCUT2D eigenvalue weighted by atomic mass is 16.5. The van der Waals surface area contributed by atoms with E-state index in [-0.39, 0.29) is 23.9 Å². The molecule has 2 heterocycles. The van der Waals surface area contributed by atoms with Gasteiger partial charge >= 0.3 is 5.97 Å². The van der Waals surface area contributed by atoms with Gasteiger partial charge in [-0.1, -0.05) is 18.2 Å². The van der Waals surface area contributed by atoms with Gasteiger partial charge in [-0.2, -0.15) is 5.11 Å². The van der Waals surface area contributed by atoms with Crippen LogP contribution in [0.4, 0.5) is 17.2 Å². The summed E-state index contributed by atoms with van der Waals surface area (Å²) in [5, 5.41) is 18.4. The van der Waals surface area contributed by atoms with Gasteiger partial charge in [0, 0.05) is 6.21 Å². The second kappa shape index (κ2) is 6.41. The minimum absolute atomic E-state index is 0.0258. The summed E-state index contributed by atoms with van der Waals surface area (Å²) < 4.78 is 6.01. The molecule has 3 rings (SSSR count). The Kier molecular flexibility index (Phi) is 4.15. The maximum Gasteiger partial charge on any atom is 0.322 e. The number of fused-ring (bicyclic) bond motifs is 1. The number of azo groups is 1. The van der Waals surface area contributed by atoms with E-state index < -0.39 is 17.4 Å². The molecule has 122 valence electrons. The zero-order chi connectivity index (χ0) is 17.1. The number of hydrogen-bond acceptors (Lipinski definition) is 7. The molecule has 9 nitrogen and oxygen atoms in total. The number of nitrogens with zero attached hydrogens (tertiary/aromatic N) is 4. The molecular weight excluding hydrogens is 312 g/mol. The first kappa shape index (κ1) is 15.5. The minimum Gasteiger partial charge on any atom is -0.465 e. The van der Waals surface area contributed by atoms with Crippen molar-refractivity contribution in [1.29, 1.82) is 5.41 Å². The van der Waals surface area contributed by atoms with Crippen molar-refractivity contribution in [2.75, 3.05) is 6.61 Å². The molecule has 0 saturated carbocycles. The first-order valence-corrected chi connectivity index (χ1v) is 7.23. The summed E-state index contributed by atoms with van der Waals surface area (Å²) in [5.41, 5.74) is 0.00867. The third kappa shape index (κ3) is 2.78. The summed E-state index contributed by atoms with van der Waals surface area (Å²) >= 11 is 0. The number of nitrogens with one attached hydrogen (secondary N) is 2. The van der Waals surface area contributed by atoms with E-state index in [1.807, 2.05) is 6.07 Å². The molecule has 1 aliphatic rings. The molecule has 1 aliphatic heterocycles. The normalized spacial score (nSPS) is 16.4. The van der Waals surface area contributed by atoms with E-state index >= 15 is 0 Å². The van der Waals surface area contributed by atoms with Gasteiger partial charge in [0.15, 0.2) is 17.4 Å². The van der Waals surface area contributed by atoms with Crippen molar-refractivity contribution in [3.05, 3.63) is 40.7 Å². The van der Waals surface area contributed by atoms with Crippen LogP contribution in [-0.2, 0) is 9.53 Å². The van der Waals surface area contributed by atoms with Crippen molar-refractivity contribution < 1.29 is 9.53 Å². The van der Waals surface area contributed by atoms with Crippen LogP contribution in [0.5, 0.6) is 0 Å². The van der Waals surface area contributed by atoms with Gasteiger partial charge in [0.2, 0.25) is 0 Å². The zero-order valence-corrected chi connectivity index (χ0v) is 12.8. The average molecular weight is 326 g/mol. The van der Waals surface area contributed by atoms with Gasteiger partial charge < -0.3 is 4.74 Å². The highest BCUT2D eigenvalue weighted by molar-refractivity contribution is 6.15. The zero-order valence-electron chi connectivity index (χ0n) is 12.8. The van der Waals surface area contributed by atoms with E-state index in [2.05, 4.69) is 20.3 Å². The van der Waals surface area contributed by atoms with E-state index in [0.717, 1.165) is 4.68 Å². The van der Waals surface area contributed by atoms with Crippen LogP contribution in [0.25, 0.3) is 0 Å². The molecule has 0 aliphatic carbocycles. The molecule has 2 N–H and O–H groups in total. The maximum atomic E-state index is 12.1. The molecule has 0 saturated heterocycles. The summed E-state index contributed by atoms with van der Waals surface area (Å²) in [6.07, 6.45) is 1.27. The van der Waals surface area contributed by atoms with Gasteiger partial charge in [0.1, 0.15) is 5.84 Å². The Morgan fingerprint density at radius 1 is 1.38 bits per heavy atom. The van der Waals surface area contributed by atoms with Crippen LogP contribution in [0.15, 0.2) is 50.3 Å². The van der Waals surface area contributed by atoms with E-state index in [0.29, 0.717) is 5.69 Å². The second-order valence-corrected chi connectivity index (χ2v) is 4.88. The smallest absolute Gasteiger partial charge is 0.322 e. The summed E-state index contributed by atoms with van der Waals surface area (Å²) in [7, 11) is 0. The minimum atomic E-state index is -0.973. The fraction of sp³-hybridized carbons (Fsp3) is 0.200. The first-order valence-electron chi connectivity index (χ1n) is 7.23. The third-order valence-corrected chi connectivity index (χ3v) is 3.30. The maximum absolute atomic E-state index is 12.1. The summed E-state index contributed by atoms with van der Waals surface area (Å²) in [5.74, 6) is -1.60. The lowest BCUT2D eigenvalue weighted by Crippen LogP contribution is -2.34. The Labute approximate surface area is 136 Å². The number of esters is 1. The van der Waals surface area contributed by atoms with Crippen LogP contribution in [-0.4, -0.2) is 34.4 Å². The highest BCUT2D eigenvalue weighted by Crippen LogP contribution is 2.29. The van der Waals surface area contributed by atoms with Gasteiger partial charge in [-0.25, -0.2) is 9.67 Å². The number of carbonyl (C=O) groups excluding carboxylic acids is 1. The van der Waals surface area contributed by atoms with Crippen LogP contribution in [0.1, 0.15) is 6.92 Å². The van der Waals surface area contributed by atoms with Crippen LogP contribution in [0, 0.1) is 11.3 Å². The number of hydrogen-bond donors (Lipinski definition) is 2. The molecule has 1 atom stereocenters. The van der Waals surface area contributed by atoms with Crippen molar-refractivity contribution in [2.45, 2.75) is 6.92 Å². The van der Waals surface area contributed by atoms with Crippen molar-refractivity contribution in [2.24, 2.45) is 21.1 Å². The largest absolute Gasteiger partial charge is 0.465 e. The quantitative estimate of drug-likeness (QED) is 0.661. The lowest BCUT2D eigenvalue weighted by molar-refractivity contribution is -0.143. The SMILES string of the molecule is CCOC(=O)C1C=Nc2c(N=Nc3ccccc3)c(=O)[nH]n2C1=N. The monoisotopic (exact) mass is 326 g/mol. The van der Waals surface area contributed by atoms with Gasteiger partial charge in [-0.05, 0) is 19.1 Å². The van der Waals surface area contributed by atoms with Crippen molar-refractivity contribution in [3.8, 4) is 0 Å². The van der Waals surface area contributed by atoms with Crippen molar-refractivity contribution in [3.63, 3.8) is 0 Å². The number of benzene rings is 1.